The summed E-state index contributed by atoms with van der Waals surface area (Å²) < 4.78 is 5.54. The van der Waals surface area contributed by atoms with E-state index in [9.17, 15) is 19.5 Å². The third-order valence-corrected chi connectivity index (χ3v) is 7.09. The average molecular weight is 434 g/mol. The smallest absolute Gasteiger partial charge is 0.407 e. The Morgan fingerprint density at radius 2 is 1.72 bits per heavy atom. The van der Waals surface area contributed by atoms with Gasteiger partial charge in [0.2, 0.25) is 5.91 Å². The molecule has 7 heteroatoms. The second-order valence-electron chi connectivity index (χ2n) is 9.05. The van der Waals surface area contributed by atoms with E-state index in [-0.39, 0.29) is 36.8 Å². The van der Waals surface area contributed by atoms with Crippen molar-refractivity contribution < 1.29 is 24.2 Å². The van der Waals surface area contributed by atoms with Crippen LogP contribution in [-0.2, 0) is 14.3 Å². The van der Waals surface area contributed by atoms with Gasteiger partial charge in [0.15, 0.2) is 0 Å². The summed E-state index contributed by atoms with van der Waals surface area (Å²) in [7, 11) is 0. The standard InChI is InChI=1S/C25H26N2O5/c1-14(10-22(28)27-12-15-11-21(27)23(15)24(29)30)26-25(31)32-13-20-18-8-4-2-6-16(18)17-7-3-5-9-19(17)20/h2-9,14-15,20-21,23H,10-13H2,1H3,(H,26,31)(H,29,30). The van der Waals surface area contributed by atoms with Crippen LogP contribution in [0.3, 0.4) is 0 Å². The summed E-state index contributed by atoms with van der Waals surface area (Å²) in [4.78, 5) is 38.0. The molecule has 2 N–H and O–H groups in total. The number of hydrogen-bond acceptors (Lipinski definition) is 4. The average Bonchev–Trinajstić information content (AvgIpc) is 3.43. The number of carboxylic acid groups (broad SMARTS) is 1. The topological polar surface area (TPSA) is 95.9 Å². The highest BCUT2D eigenvalue weighted by Gasteiger charge is 2.56. The monoisotopic (exact) mass is 434 g/mol. The predicted octanol–water partition coefficient (Wildman–Crippen LogP) is 3.24. The molecule has 2 aromatic rings. The van der Waals surface area contributed by atoms with Crippen LogP contribution in [0.2, 0.25) is 0 Å². The quantitative estimate of drug-likeness (QED) is 0.728. The molecule has 2 aromatic carbocycles. The van der Waals surface area contributed by atoms with Crippen LogP contribution < -0.4 is 5.32 Å². The van der Waals surface area contributed by atoms with Gasteiger partial charge in [0.25, 0.3) is 0 Å². The van der Waals surface area contributed by atoms with E-state index in [0.717, 1.165) is 17.5 Å². The fraction of sp³-hybridized carbons (Fsp3) is 0.400. The van der Waals surface area contributed by atoms with E-state index in [1.54, 1.807) is 11.8 Å². The van der Waals surface area contributed by atoms with Crippen LogP contribution in [0.5, 0.6) is 0 Å². The highest BCUT2D eigenvalue weighted by atomic mass is 16.5. The minimum Gasteiger partial charge on any atom is -0.481 e. The number of hydrogen-bond donors (Lipinski definition) is 2. The molecule has 1 saturated carbocycles. The van der Waals surface area contributed by atoms with Crippen molar-refractivity contribution in [1.29, 1.82) is 0 Å². The molecule has 4 unspecified atom stereocenters. The van der Waals surface area contributed by atoms with Crippen LogP contribution in [0.25, 0.3) is 11.1 Å². The van der Waals surface area contributed by atoms with Crippen LogP contribution in [-0.4, -0.2) is 53.2 Å². The van der Waals surface area contributed by atoms with Crippen molar-refractivity contribution in [2.45, 2.75) is 37.8 Å². The Labute approximate surface area is 186 Å². The second kappa shape index (κ2) is 7.97. The van der Waals surface area contributed by atoms with Gasteiger partial charge >= 0.3 is 12.1 Å². The molecule has 2 aliphatic heterocycles. The zero-order valence-corrected chi connectivity index (χ0v) is 17.9. The number of nitrogens with zero attached hydrogens (tertiary/aromatic N) is 1. The summed E-state index contributed by atoms with van der Waals surface area (Å²) in [6, 6.07) is 15.7. The molecule has 2 saturated heterocycles. The molecule has 166 valence electrons. The van der Waals surface area contributed by atoms with E-state index >= 15 is 0 Å². The van der Waals surface area contributed by atoms with Crippen LogP contribution in [0.4, 0.5) is 4.79 Å². The maximum Gasteiger partial charge on any atom is 0.407 e. The number of aliphatic carboxylic acids is 1. The molecule has 2 aliphatic carbocycles. The number of rotatable bonds is 6. The highest BCUT2D eigenvalue weighted by molar-refractivity contribution is 5.82. The van der Waals surface area contributed by atoms with Crippen LogP contribution >= 0.6 is 0 Å². The molecule has 2 bridgehead atoms. The summed E-state index contributed by atoms with van der Waals surface area (Å²) in [5.74, 6) is -1.34. The van der Waals surface area contributed by atoms with Crippen molar-refractivity contribution in [2.75, 3.05) is 13.2 Å². The highest BCUT2D eigenvalue weighted by Crippen LogP contribution is 2.47. The van der Waals surface area contributed by atoms with Crippen LogP contribution in [0, 0.1) is 11.8 Å². The third kappa shape index (κ3) is 3.42. The van der Waals surface area contributed by atoms with Crippen LogP contribution in [0.1, 0.15) is 36.8 Å². The molecule has 2 heterocycles. The van der Waals surface area contributed by atoms with E-state index in [1.807, 2.05) is 24.3 Å². The lowest BCUT2D eigenvalue weighted by atomic mass is 9.74. The minimum atomic E-state index is -0.827. The van der Waals surface area contributed by atoms with E-state index in [0.29, 0.717) is 6.54 Å². The Balaban J connectivity index is 1.15. The van der Waals surface area contributed by atoms with Gasteiger partial charge in [-0.1, -0.05) is 48.5 Å². The summed E-state index contributed by atoms with van der Waals surface area (Å²) >= 11 is 0. The minimum absolute atomic E-state index is 0.0190. The molecule has 0 aromatic heterocycles. The summed E-state index contributed by atoms with van der Waals surface area (Å²) in [5, 5.41) is 12.0. The van der Waals surface area contributed by atoms with Gasteiger partial charge < -0.3 is 20.1 Å². The Kier molecular flexibility index (Phi) is 5.12. The fourth-order valence-corrected chi connectivity index (χ4v) is 5.54. The first kappa shape index (κ1) is 20.5. The van der Waals surface area contributed by atoms with Gasteiger partial charge in [-0.05, 0) is 41.5 Å². The first-order valence-corrected chi connectivity index (χ1v) is 11.1. The number of alkyl carbamates (subject to hydrolysis) is 1. The van der Waals surface area contributed by atoms with E-state index in [4.69, 9.17) is 4.74 Å². The molecule has 3 fully saturated rings. The fourth-order valence-electron chi connectivity index (χ4n) is 5.54. The summed E-state index contributed by atoms with van der Waals surface area (Å²) in [6.45, 7) is 2.48. The number of carboxylic acids is 1. The van der Waals surface area contributed by atoms with Crippen molar-refractivity contribution in [3.05, 3.63) is 59.7 Å². The van der Waals surface area contributed by atoms with Crippen molar-refractivity contribution in [3.8, 4) is 11.1 Å². The molecular formula is C25H26N2O5. The van der Waals surface area contributed by atoms with Crippen molar-refractivity contribution in [2.24, 2.45) is 11.8 Å². The Bertz CT molecular complexity index is 1040. The molecule has 0 spiro atoms. The maximum atomic E-state index is 12.6. The van der Waals surface area contributed by atoms with Crippen LogP contribution in [0.15, 0.2) is 48.5 Å². The van der Waals surface area contributed by atoms with Gasteiger partial charge in [0.1, 0.15) is 6.61 Å². The number of amides is 2. The number of nitrogens with one attached hydrogen (secondary N) is 1. The third-order valence-electron chi connectivity index (χ3n) is 7.09. The molecule has 4 atom stereocenters. The normalized spacial score (nSPS) is 23.7. The second-order valence-corrected chi connectivity index (χ2v) is 9.05. The number of carbonyl (C=O) groups is 3. The van der Waals surface area contributed by atoms with E-state index < -0.39 is 24.0 Å². The Morgan fingerprint density at radius 3 is 2.31 bits per heavy atom. The van der Waals surface area contributed by atoms with E-state index in [2.05, 4.69) is 29.6 Å². The molecule has 7 nitrogen and oxygen atoms in total. The van der Waals surface area contributed by atoms with Crippen molar-refractivity contribution in [3.63, 3.8) is 0 Å². The molecular weight excluding hydrogens is 408 g/mol. The van der Waals surface area contributed by atoms with Gasteiger partial charge in [-0.2, -0.15) is 0 Å². The first-order chi connectivity index (χ1) is 15.4. The zero-order chi connectivity index (χ0) is 22.4. The number of ether oxygens (including phenoxy) is 1. The summed E-state index contributed by atoms with van der Waals surface area (Å²) in [5.41, 5.74) is 4.62. The molecule has 0 radical (unpaired) electrons. The maximum absolute atomic E-state index is 12.6. The summed E-state index contributed by atoms with van der Waals surface area (Å²) in [6.07, 6.45) is 0.331. The van der Waals surface area contributed by atoms with Gasteiger partial charge in [0.05, 0.1) is 5.92 Å². The number of carbonyl (C=O) groups excluding carboxylic acids is 2. The van der Waals surface area contributed by atoms with Gasteiger partial charge in [-0.15, -0.1) is 0 Å². The molecule has 2 amide bonds. The molecule has 4 aliphatic rings. The van der Waals surface area contributed by atoms with Gasteiger partial charge in [0, 0.05) is 31.0 Å². The van der Waals surface area contributed by atoms with Crippen molar-refractivity contribution in [1.82, 2.24) is 10.2 Å². The van der Waals surface area contributed by atoms with E-state index in [1.165, 1.54) is 11.1 Å². The Morgan fingerprint density at radius 1 is 1.09 bits per heavy atom. The van der Waals surface area contributed by atoms with Crippen molar-refractivity contribution >= 4 is 18.0 Å². The lowest BCUT2D eigenvalue weighted by Gasteiger charge is -2.33. The molecule has 6 rings (SSSR count). The zero-order valence-electron chi connectivity index (χ0n) is 17.9. The number of benzene rings is 2. The lowest BCUT2D eigenvalue weighted by molar-refractivity contribution is -0.148. The lowest BCUT2D eigenvalue weighted by Crippen LogP contribution is -2.46. The SMILES string of the molecule is CC(CC(=O)N1CC2CC1C2C(=O)O)NC(=O)OCC1c2ccccc2-c2ccccc21. The van der Waals surface area contributed by atoms with Gasteiger partial charge in [-0.25, -0.2) is 4.79 Å². The number of fused-ring (bicyclic) bond motifs is 4. The molecule has 32 heavy (non-hydrogen) atoms. The largest absolute Gasteiger partial charge is 0.481 e. The first-order valence-electron chi connectivity index (χ1n) is 11.1. The van der Waals surface area contributed by atoms with Gasteiger partial charge in [-0.3, -0.25) is 9.59 Å². The predicted molar refractivity (Wildman–Crippen MR) is 117 cm³/mol. The Hall–Kier alpha value is -3.35.